The minimum absolute atomic E-state index is 0. The summed E-state index contributed by atoms with van der Waals surface area (Å²) in [5, 5.41) is 21.8. The lowest BCUT2D eigenvalue weighted by Crippen LogP contribution is -1.95. The third kappa shape index (κ3) is 4.15. The number of azo groups is 1. The Hall–Kier alpha value is -1.42. The van der Waals surface area contributed by atoms with E-state index in [1.165, 1.54) is 23.1 Å². The van der Waals surface area contributed by atoms with Crippen molar-refractivity contribution in [3.05, 3.63) is 35.1 Å². The minimum Gasteiger partial charge on any atom is -0.237 e. The molecule has 0 fully saturated rings. The molecule has 0 N–H and O–H groups in total. The maximum Gasteiger partial charge on any atom is 0.252 e. The lowest BCUT2D eigenvalue weighted by molar-refractivity contribution is 0.860. The Labute approximate surface area is 158 Å². The summed E-state index contributed by atoms with van der Waals surface area (Å²) in [5.41, 5.74) is 2.12. The summed E-state index contributed by atoms with van der Waals surface area (Å²) in [6.07, 6.45) is 3.71. The number of benzene rings is 1. The zero-order valence-electron chi connectivity index (χ0n) is 12.1. The van der Waals surface area contributed by atoms with Crippen molar-refractivity contribution in [2.45, 2.75) is 23.6 Å². The molecule has 0 aliphatic carbocycles. The molecule has 3 aromatic rings. The van der Waals surface area contributed by atoms with Crippen LogP contribution in [0.15, 0.2) is 43.9 Å². The van der Waals surface area contributed by atoms with Crippen molar-refractivity contribution in [1.29, 1.82) is 0 Å². The van der Waals surface area contributed by atoms with E-state index in [-0.39, 0.29) is 7.43 Å². The summed E-state index contributed by atoms with van der Waals surface area (Å²) < 4.78 is 2.52. The van der Waals surface area contributed by atoms with Crippen molar-refractivity contribution in [2.24, 2.45) is 10.2 Å². The zero-order chi connectivity index (χ0) is 16.4. The molecule has 0 unspecified atom stereocenters. The number of thioether (sulfide) groups is 1. The van der Waals surface area contributed by atoms with Gasteiger partial charge in [0.15, 0.2) is 4.34 Å². The van der Waals surface area contributed by atoms with Crippen LogP contribution in [-0.4, -0.2) is 26.2 Å². The lowest BCUT2D eigenvalue weighted by atomic mass is 10.3. The molecule has 0 aliphatic rings. The van der Waals surface area contributed by atoms with Crippen molar-refractivity contribution in [2.75, 3.05) is 6.26 Å². The van der Waals surface area contributed by atoms with Gasteiger partial charge in [0.1, 0.15) is 5.69 Å². The molecule has 0 radical (unpaired) electrons. The van der Waals surface area contributed by atoms with Gasteiger partial charge in [0.05, 0.1) is 22.6 Å². The predicted molar refractivity (Wildman–Crippen MR) is 103 cm³/mol. The van der Waals surface area contributed by atoms with Crippen molar-refractivity contribution in [1.82, 2.24) is 20.0 Å². The second kappa shape index (κ2) is 8.11. The van der Waals surface area contributed by atoms with Gasteiger partial charge in [0.2, 0.25) is 0 Å². The van der Waals surface area contributed by atoms with Gasteiger partial charge in [-0.3, -0.25) is 0 Å². The topological polar surface area (TPSA) is 68.3 Å². The molecule has 1 aromatic carbocycles. The maximum absolute atomic E-state index is 6.22. The first kappa shape index (κ1) is 18.9. The summed E-state index contributed by atoms with van der Waals surface area (Å²) in [6.45, 7) is 1.86. The molecule has 0 spiro atoms. The van der Waals surface area contributed by atoms with Gasteiger partial charge in [-0.05, 0) is 31.4 Å². The van der Waals surface area contributed by atoms with E-state index < -0.39 is 0 Å². The first-order chi connectivity index (χ1) is 11.1. The number of thiol groups is 1. The molecule has 0 saturated heterocycles. The molecular formula is C14H15ClN6S3. The lowest BCUT2D eigenvalue weighted by Gasteiger charge is -2.04. The van der Waals surface area contributed by atoms with E-state index in [9.17, 15) is 0 Å². The van der Waals surface area contributed by atoms with Crippen LogP contribution in [-0.2, 0) is 0 Å². The molecule has 0 saturated carbocycles. The standard InChI is InChI=1S/C13H11ClN6S3.CH4/c1-7-10(15-16-12-17-18-13(22-2)23-12)6-20(19-7)11-5-8(21)3-4-9(11)14;/h3-6,21H,1-2H3;1H4. The Morgan fingerprint density at radius 2 is 2.08 bits per heavy atom. The molecule has 24 heavy (non-hydrogen) atoms. The van der Waals surface area contributed by atoms with Crippen LogP contribution in [0, 0.1) is 6.92 Å². The highest BCUT2D eigenvalue weighted by molar-refractivity contribution is 8.00. The molecule has 10 heteroatoms. The van der Waals surface area contributed by atoms with Crippen molar-refractivity contribution in [3.8, 4) is 5.69 Å². The number of hydrogen-bond donors (Lipinski definition) is 1. The molecule has 2 heterocycles. The van der Waals surface area contributed by atoms with Crippen LogP contribution in [0.3, 0.4) is 0 Å². The van der Waals surface area contributed by atoms with Crippen molar-refractivity contribution in [3.63, 3.8) is 0 Å². The van der Waals surface area contributed by atoms with Gasteiger partial charge in [-0.15, -0.1) is 33.1 Å². The highest BCUT2D eigenvalue weighted by Gasteiger charge is 2.10. The minimum atomic E-state index is 0. The Morgan fingerprint density at radius 1 is 1.29 bits per heavy atom. The van der Waals surface area contributed by atoms with E-state index in [1.807, 2.05) is 25.3 Å². The molecule has 0 atom stereocenters. The molecule has 2 aromatic heterocycles. The first-order valence-electron chi connectivity index (χ1n) is 6.41. The number of aryl methyl sites for hydroxylation is 1. The van der Waals surface area contributed by atoms with E-state index >= 15 is 0 Å². The fourth-order valence-electron chi connectivity index (χ4n) is 1.77. The van der Waals surface area contributed by atoms with Gasteiger partial charge in [-0.1, -0.05) is 42.1 Å². The predicted octanol–water partition coefficient (Wildman–Crippen LogP) is 5.75. The summed E-state index contributed by atoms with van der Waals surface area (Å²) in [4.78, 5) is 0.805. The van der Waals surface area contributed by atoms with Gasteiger partial charge in [0.25, 0.3) is 5.13 Å². The quantitative estimate of drug-likeness (QED) is 0.345. The summed E-state index contributed by atoms with van der Waals surface area (Å²) in [7, 11) is 0. The second-order valence-corrected chi connectivity index (χ2v) is 7.37. The third-order valence-corrected chi connectivity index (χ3v) is 5.24. The smallest absolute Gasteiger partial charge is 0.237 e. The number of halogens is 1. The van der Waals surface area contributed by atoms with Crippen LogP contribution >= 0.6 is 47.3 Å². The van der Waals surface area contributed by atoms with Crippen molar-refractivity contribution >= 4 is 58.1 Å². The van der Waals surface area contributed by atoms with Crippen LogP contribution < -0.4 is 0 Å². The monoisotopic (exact) mass is 398 g/mol. The van der Waals surface area contributed by atoms with Crippen LogP contribution in [0.2, 0.25) is 5.02 Å². The Morgan fingerprint density at radius 3 is 2.79 bits per heavy atom. The SMILES string of the molecule is C.CSc1nnc(N=Nc2cn(-c3cc(S)ccc3Cl)nc2C)s1. The van der Waals surface area contributed by atoms with Gasteiger partial charge >= 0.3 is 0 Å². The maximum atomic E-state index is 6.22. The molecular weight excluding hydrogens is 384 g/mol. The molecule has 6 nitrogen and oxygen atoms in total. The Balaban J connectivity index is 0.00000208. The highest BCUT2D eigenvalue weighted by Crippen LogP contribution is 2.29. The Kier molecular flexibility index (Phi) is 6.39. The van der Waals surface area contributed by atoms with E-state index in [2.05, 4.69) is 38.2 Å². The highest BCUT2D eigenvalue weighted by atomic mass is 35.5. The number of rotatable bonds is 4. The average molecular weight is 399 g/mol. The van der Waals surface area contributed by atoms with E-state index in [4.69, 9.17) is 11.6 Å². The van der Waals surface area contributed by atoms with E-state index in [0.29, 0.717) is 15.8 Å². The summed E-state index contributed by atoms with van der Waals surface area (Å²) in [6, 6.07) is 5.45. The van der Waals surface area contributed by atoms with Crippen molar-refractivity contribution < 1.29 is 0 Å². The van der Waals surface area contributed by atoms with Crippen LogP contribution in [0.4, 0.5) is 10.8 Å². The Bertz CT molecular complexity index is 873. The summed E-state index contributed by atoms with van der Waals surface area (Å²) >= 11 is 13.5. The first-order valence-corrected chi connectivity index (χ1v) is 9.28. The van der Waals surface area contributed by atoms with E-state index in [1.54, 1.807) is 16.9 Å². The number of aromatic nitrogens is 4. The van der Waals surface area contributed by atoms with Crippen LogP contribution in [0.25, 0.3) is 5.69 Å². The third-order valence-electron chi connectivity index (χ3n) is 2.86. The molecule has 0 amide bonds. The molecule has 126 valence electrons. The number of nitrogens with zero attached hydrogens (tertiary/aromatic N) is 6. The molecule has 0 bridgehead atoms. The number of hydrogen-bond acceptors (Lipinski definition) is 8. The van der Waals surface area contributed by atoms with Gasteiger partial charge in [-0.25, -0.2) is 4.68 Å². The second-order valence-electron chi connectivity index (χ2n) is 4.43. The summed E-state index contributed by atoms with van der Waals surface area (Å²) in [5.74, 6) is 0. The average Bonchev–Trinajstić information content (AvgIpc) is 3.14. The fourth-order valence-corrected chi connectivity index (χ4v) is 3.25. The van der Waals surface area contributed by atoms with Gasteiger partial charge in [0, 0.05) is 4.90 Å². The fraction of sp³-hybridized carbons (Fsp3) is 0.214. The van der Waals surface area contributed by atoms with Crippen LogP contribution in [0.5, 0.6) is 0 Å². The van der Waals surface area contributed by atoms with Gasteiger partial charge < -0.3 is 0 Å². The van der Waals surface area contributed by atoms with Gasteiger partial charge in [-0.2, -0.15) is 5.10 Å². The zero-order valence-corrected chi connectivity index (χ0v) is 15.4. The molecule has 3 rings (SSSR count). The normalized spacial score (nSPS) is 11.0. The largest absolute Gasteiger partial charge is 0.252 e. The van der Waals surface area contributed by atoms with Crippen LogP contribution in [0.1, 0.15) is 13.1 Å². The molecule has 0 aliphatic heterocycles. The van der Waals surface area contributed by atoms with E-state index in [0.717, 1.165) is 20.6 Å².